The van der Waals surface area contributed by atoms with E-state index in [-0.39, 0.29) is 0 Å². The van der Waals surface area contributed by atoms with Crippen LogP contribution in [0.25, 0.3) is 0 Å². The van der Waals surface area contributed by atoms with Crippen molar-refractivity contribution in [3.8, 4) is 11.5 Å². The van der Waals surface area contributed by atoms with Crippen molar-refractivity contribution in [2.45, 2.75) is 20.0 Å². The zero-order valence-electron chi connectivity index (χ0n) is 11.1. The molecule has 0 unspecified atom stereocenters. The summed E-state index contributed by atoms with van der Waals surface area (Å²) >= 11 is 7.88. The number of ether oxygens (including phenoxy) is 2. The number of hydrogen-bond acceptors (Lipinski definition) is 5. The summed E-state index contributed by atoms with van der Waals surface area (Å²) in [5, 5.41) is 4.00. The molecule has 1 aromatic carbocycles. The Balaban J connectivity index is 1.66. The van der Waals surface area contributed by atoms with E-state index in [1.807, 2.05) is 24.6 Å². The molecule has 0 spiro atoms. The third-order valence-corrected chi connectivity index (χ3v) is 4.33. The van der Waals surface area contributed by atoms with Gasteiger partial charge in [-0.05, 0) is 24.6 Å². The van der Waals surface area contributed by atoms with Gasteiger partial charge < -0.3 is 14.8 Å². The van der Waals surface area contributed by atoms with Crippen molar-refractivity contribution in [3.63, 3.8) is 0 Å². The fourth-order valence-corrected chi connectivity index (χ4v) is 3.12. The van der Waals surface area contributed by atoms with Crippen molar-refractivity contribution in [1.29, 1.82) is 0 Å². The molecular weight excluding hydrogens is 296 g/mol. The van der Waals surface area contributed by atoms with Crippen LogP contribution >= 0.6 is 22.9 Å². The molecule has 0 saturated carbocycles. The molecule has 106 valence electrons. The van der Waals surface area contributed by atoms with E-state index in [2.05, 4.69) is 10.3 Å². The van der Waals surface area contributed by atoms with Gasteiger partial charge in [-0.25, -0.2) is 4.98 Å². The Bertz CT molecular complexity index is 615. The number of rotatable bonds is 4. The van der Waals surface area contributed by atoms with Crippen molar-refractivity contribution >= 4 is 22.9 Å². The monoisotopic (exact) mass is 310 g/mol. The van der Waals surface area contributed by atoms with Crippen molar-refractivity contribution < 1.29 is 9.47 Å². The highest BCUT2D eigenvalue weighted by Gasteiger charge is 2.16. The van der Waals surface area contributed by atoms with Gasteiger partial charge in [-0.2, -0.15) is 0 Å². The number of hydrogen-bond donors (Lipinski definition) is 1. The fraction of sp³-hybridized carbons (Fsp3) is 0.357. The zero-order chi connectivity index (χ0) is 13.9. The van der Waals surface area contributed by atoms with E-state index in [0.717, 1.165) is 30.1 Å². The van der Waals surface area contributed by atoms with Crippen molar-refractivity contribution in [1.82, 2.24) is 10.3 Å². The van der Waals surface area contributed by atoms with Gasteiger partial charge in [0.1, 0.15) is 13.2 Å². The SMILES string of the molecule is Cc1ncsc1CNCc1cc(Cl)c2c(c1)OCCO2. The van der Waals surface area contributed by atoms with Gasteiger partial charge in [0.15, 0.2) is 11.5 Å². The van der Waals surface area contributed by atoms with Crippen LogP contribution in [0.1, 0.15) is 16.1 Å². The molecular formula is C14H15ClN2O2S. The summed E-state index contributed by atoms with van der Waals surface area (Å²) in [6.45, 7) is 4.68. The lowest BCUT2D eigenvalue weighted by atomic mass is 10.2. The highest BCUT2D eigenvalue weighted by molar-refractivity contribution is 7.09. The van der Waals surface area contributed by atoms with Gasteiger partial charge in [0.25, 0.3) is 0 Å². The Hall–Kier alpha value is -1.30. The van der Waals surface area contributed by atoms with Gasteiger partial charge in [-0.1, -0.05) is 11.6 Å². The van der Waals surface area contributed by atoms with E-state index in [4.69, 9.17) is 21.1 Å². The number of benzene rings is 1. The lowest BCUT2D eigenvalue weighted by molar-refractivity contribution is 0.171. The average molecular weight is 311 g/mol. The van der Waals surface area contributed by atoms with Gasteiger partial charge >= 0.3 is 0 Å². The normalized spacial score (nSPS) is 13.5. The maximum Gasteiger partial charge on any atom is 0.179 e. The molecule has 1 aliphatic rings. The molecule has 0 fully saturated rings. The quantitative estimate of drug-likeness (QED) is 0.942. The highest BCUT2D eigenvalue weighted by Crippen LogP contribution is 2.38. The van der Waals surface area contributed by atoms with Crippen LogP contribution in [0.3, 0.4) is 0 Å². The molecule has 6 heteroatoms. The number of nitrogens with one attached hydrogen (secondary N) is 1. The largest absolute Gasteiger partial charge is 0.486 e. The summed E-state index contributed by atoms with van der Waals surface area (Å²) in [4.78, 5) is 5.49. The number of thiazole rings is 1. The van der Waals surface area contributed by atoms with E-state index in [1.54, 1.807) is 11.3 Å². The second-order valence-electron chi connectivity index (χ2n) is 4.57. The predicted octanol–water partition coefficient (Wildman–Crippen LogP) is 3.17. The van der Waals surface area contributed by atoms with Crippen LogP contribution in [0.2, 0.25) is 5.02 Å². The number of fused-ring (bicyclic) bond motifs is 1. The maximum atomic E-state index is 6.21. The Morgan fingerprint density at radius 3 is 2.95 bits per heavy atom. The lowest BCUT2D eigenvalue weighted by Crippen LogP contribution is -2.17. The van der Waals surface area contributed by atoms with Crippen LogP contribution in [-0.2, 0) is 13.1 Å². The second-order valence-corrected chi connectivity index (χ2v) is 5.91. The lowest BCUT2D eigenvalue weighted by Gasteiger charge is -2.20. The molecule has 1 aromatic heterocycles. The molecule has 0 atom stereocenters. The first-order chi connectivity index (χ1) is 9.74. The van der Waals surface area contributed by atoms with Crippen LogP contribution in [0.15, 0.2) is 17.6 Å². The summed E-state index contributed by atoms with van der Waals surface area (Å²) in [5.41, 5.74) is 4.04. The van der Waals surface area contributed by atoms with E-state index in [1.165, 1.54) is 4.88 Å². The van der Waals surface area contributed by atoms with E-state index in [0.29, 0.717) is 24.0 Å². The molecule has 1 N–H and O–H groups in total. The predicted molar refractivity (Wildman–Crippen MR) is 79.8 cm³/mol. The first-order valence-corrected chi connectivity index (χ1v) is 7.67. The minimum atomic E-state index is 0.551. The number of halogens is 1. The minimum absolute atomic E-state index is 0.551. The summed E-state index contributed by atoms with van der Waals surface area (Å²) < 4.78 is 11.1. The summed E-state index contributed by atoms with van der Waals surface area (Å²) in [5.74, 6) is 1.38. The van der Waals surface area contributed by atoms with Crippen LogP contribution < -0.4 is 14.8 Å². The standard InChI is InChI=1S/C14H15ClN2O2S/c1-9-13(20-8-17-9)7-16-6-10-4-11(15)14-12(5-10)18-2-3-19-14/h4-5,8,16H,2-3,6-7H2,1H3. The Kier molecular flexibility index (Phi) is 4.10. The summed E-state index contributed by atoms with van der Waals surface area (Å²) in [7, 11) is 0. The van der Waals surface area contributed by atoms with Gasteiger partial charge in [-0.15, -0.1) is 11.3 Å². The van der Waals surface area contributed by atoms with E-state index < -0.39 is 0 Å². The minimum Gasteiger partial charge on any atom is -0.486 e. The molecule has 0 bridgehead atoms. The molecule has 2 heterocycles. The fourth-order valence-electron chi connectivity index (χ4n) is 2.08. The van der Waals surface area contributed by atoms with Crippen molar-refractivity contribution in [2.75, 3.05) is 13.2 Å². The van der Waals surface area contributed by atoms with E-state index >= 15 is 0 Å². The molecule has 0 saturated heterocycles. The van der Waals surface area contributed by atoms with Crippen molar-refractivity contribution in [3.05, 3.63) is 38.8 Å². The molecule has 20 heavy (non-hydrogen) atoms. The maximum absolute atomic E-state index is 6.21. The average Bonchev–Trinajstić information content (AvgIpc) is 2.85. The molecule has 2 aromatic rings. The third-order valence-electron chi connectivity index (χ3n) is 3.12. The third kappa shape index (κ3) is 2.90. The summed E-state index contributed by atoms with van der Waals surface area (Å²) in [6.07, 6.45) is 0. The topological polar surface area (TPSA) is 43.4 Å². The first-order valence-electron chi connectivity index (χ1n) is 6.42. The number of aryl methyl sites for hydroxylation is 1. The highest BCUT2D eigenvalue weighted by atomic mass is 35.5. The van der Waals surface area contributed by atoms with Gasteiger partial charge in [0.2, 0.25) is 0 Å². The van der Waals surface area contributed by atoms with Gasteiger partial charge in [0, 0.05) is 18.0 Å². The number of aromatic nitrogens is 1. The zero-order valence-corrected chi connectivity index (χ0v) is 12.7. The molecule has 3 rings (SSSR count). The molecule has 0 aliphatic carbocycles. The summed E-state index contributed by atoms with van der Waals surface area (Å²) in [6, 6.07) is 3.90. The Labute approximate surface area is 126 Å². The van der Waals surface area contributed by atoms with Crippen molar-refractivity contribution in [2.24, 2.45) is 0 Å². The number of nitrogens with zero attached hydrogens (tertiary/aromatic N) is 1. The van der Waals surface area contributed by atoms with E-state index in [9.17, 15) is 0 Å². The van der Waals surface area contributed by atoms with Gasteiger partial charge in [-0.3, -0.25) is 0 Å². The Morgan fingerprint density at radius 1 is 1.30 bits per heavy atom. The molecule has 4 nitrogen and oxygen atoms in total. The molecule has 0 amide bonds. The molecule has 1 aliphatic heterocycles. The van der Waals surface area contributed by atoms with Crippen LogP contribution in [-0.4, -0.2) is 18.2 Å². The van der Waals surface area contributed by atoms with Crippen LogP contribution in [0.4, 0.5) is 0 Å². The smallest absolute Gasteiger partial charge is 0.179 e. The van der Waals surface area contributed by atoms with Gasteiger partial charge in [0.05, 0.1) is 16.2 Å². The second kappa shape index (κ2) is 5.99. The van der Waals surface area contributed by atoms with Crippen LogP contribution in [0.5, 0.6) is 11.5 Å². The molecule has 0 radical (unpaired) electrons. The van der Waals surface area contributed by atoms with Crippen LogP contribution in [0, 0.1) is 6.92 Å². The first kappa shape index (κ1) is 13.7. The Morgan fingerprint density at radius 2 is 2.15 bits per heavy atom.